The van der Waals surface area contributed by atoms with Crippen LogP contribution in [0.3, 0.4) is 0 Å². The molecular weight excluding hydrogens is 186 g/mol. The lowest BCUT2D eigenvalue weighted by Gasteiger charge is -2.42. The van der Waals surface area contributed by atoms with Crippen molar-refractivity contribution in [1.82, 2.24) is 5.32 Å². The van der Waals surface area contributed by atoms with E-state index in [0.29, 0.717) is 18.1 Å². The normalized spacial score (nSPS) is 20.7. The van der Waals surface area contributed by atoms with Crippen molar-refractivity contribution < 1.29 is 5.11 Å². The van der Waals surface area contributed by atoms with Crippen LogP contribution < -0.4 is 5.32 Å². The predicted molar refractivity (Wildman–Crippen MR) is 64.9 cm³/mol. The maximum Gasteiger partial charge on any atom is 0.0436 e. The number of aliphatic hydroxyl groups excluding tert-OH is 1. The average molecular weight is 211 g/mol. The number of allylic oxidation sites excluding steroid dienone is 1. The van der Waals surface area contributed by atoms with E-state index in [2.05, 4.69) is 18.8 Å². The Bertz CT molecular complexity index is 187. The first kappa shape index (κ1) is 12.7. The minimum absolute atomic E-state index is 0.336. The van der Waals surface area contributed by atoms with Crippen molar-refractivity contribution in [1.29, 1.82) is 0 Å². The standard InChI is InChI=1S/C13H25NO/c1-3-4-6-12(2)14-11-13(9-10-15)7-5-8-13/h3,12,14-15H,1,4-11H2,2H3. The van der Waals surface area contributed by atoms with Crippen LogP contribution in [-0.2, 0) is 0 Å². The zero-order valence-corrected chi connectivity index (χ0v) is 9.97. The van der Waals surface area contributed by atoms with Crippen molar-refractivity contribution >= 4 is 0 Å². The fourth-order valence-corrected chi connectivity index (χ4v) is 2.29. The van der Waals surface area contributed by atoms with E-state index in [9.17, 15) is 0 Å². The lowest BCUT2D eigenvalue weighted by Crippen LogP contribution is -2.43. The van der Waals surface area contributed by atoms with Gasteiger partial charge in [0.05, 0.1) is 0 Å². The molecule has 2 nitrogen and oxygen atoms in total. The van der Waals surface area contributed by atoms with Gasteiger partial charge in [0.15, 0.2) is 0 Å². The molecule has 0 spiro atoms. The van der Waals surface area contributed by atoms with Crippen LogP contribution in [0, 0.1) is 5.41 Å². The summed E-state index contributed by atoms with van der Waals surface area (Å²) in [7, 11) is 0. The molecule has 0 bridgehead atoms. The summed E-state index contributed by atoms with van der Waals surface area (Å²) < 4.78 is 0. The minimum atomic E-state index is 0.336. The summed E-state index contributed by atoms with van der Waals surface area (Å²) in [6, 6.07) is 0.569. The van der Waals surface area contributed by atoms with E-state index in [1.54, 1.807) is 0 Å². The molecule has 2 heteroatoms. The summed E-state index contributed by atoms with van der Waals surface area (Å²) in [4.78, 5) is 0. The van der Waals surface area contributed by atoms with Crippen LogP contribution in [0.1, 0.15) is 45.4 Å². The molecule has 1 saturated carbocycles. The van der Waals surface area contributed by atoms with E-state index < -0.39 is 0 Å². The fourth-order valence-electron chi connectivity index (χ4n) is 2.29. The van der Waals surface area contributed by atoms with Crippen molar-refractivity contribution in [2.45, 2.75) is 51.5 Å². The molecule has 1 atom stereocenters. The minimum Gasteiger partial charge on any atom is -0.396 e. The van der Waals surface area contributed by atoms with Crippen LogP contribution in [-0.4, -0.2) is 24.3 Å². The topological polar surface area (TPSA) is 32.3 Å². The number of rotatable bonds is 8. The highest BCUT2D eigenvalue weighted by Gasteiger charge is 2.35. The average Bonchev–Trinajstić information content (AvgIpc) is 2.18. The SMILES string of the molecule is C=CCCC(C)NCC1(CCO)CCC1. The Morgan fingerprint density at radius 3 is 2.73 bits per heavy atom. The zero-order chi connectivity index (χ0) is 11.1. The Labute approximate surface area is 93.8 Å². The van der Waals surface area contributed by atoms with Crippen LogP contribution in [0.2, 0.25) is 0 Å². The number of hydrogen-bond acceptors (Lipinski definition) is 2. The van der Waals surface area contributed by atoms with Gasteiger partial charge in [0.1, 0.15) is 0 Å². The Kier molecular flexibility index (Phi) is 5.34. The van der Waals surface area contributed by atoms with Gasteiger partial charge >= 0.3 is 0 Å². The van der Waals surface area contributed by atoms with Gasteiger partial charge in [-0.05, 0) is 44.4 Å². The van der Waals surface area contributed by atoms with E-state index in [1.807, 2.05) is 6.08 Å². The molecule has 1 rings (SSSR count). The van der Waals surface area contributed by atoms with Crippen LogP contribution in [0.15, 0.2) is 12.7 Å². The summed E-state index contributed by atoms with van der Waals surface area (Å²) in [5, 5.41) is 12.6. The van der Waals surface area contributed by atoms with Crippen molar-refractivity contribution in [3.63, 3.8) is 0 Å². The first-order chi connectivity index (χ1) is 7.22. The number of hydrogen-bond donors (Lipinski definition) is 2. The van der Waals surface area contributed by atoms with Gasteiger partial charge in [-0.2, -0.15) is 0 Å². The van der Waals surface area contributed by atoms with Crippen molar-refractivity contribution in [3.05, 3.63) is 12.7 Å². The van der Waals surface area contributed by atoms with Crippen molar-refractivity contribution in [2.24, 2.45) is 5.41 Å². The maximum absolute atomic E-state index is 9.03. The molecule has 1 aliphatic carbocycles. The third-order valence-corrected chi connectivity index (χ3v) is 3.69. The fraction of sp³-hybridized carbons (Fsp3) is 0.846. The van der Waals surface area contributed by atoms with Gasteiger partial charge in [-0.1, -0.05) is 12.5 Å². The molecule has 88 valence electrons. The molecule has 0 aromatic rings. The smallest absolute Gasteiger partial charge is 0.0436 e. The molecule has 0 amide bonds. The molecule has 0 aromatic carbocycles. The molecule has 0 aromatic heterocycles. The molecule has 1 aliphatic rings. The lowest BCUT2D eigenvalue weighted by atomic mass is 9.66. The molecule has 15 heavy (non-hydrogen) atoms. The summed E-state index contributed by atoms with van der Waals surface area (Å²) >= 11 is 0. The van der Waals surface area contributed by atoms with Gasteiger partial charge in [-0.3, -0.25) is 0 Å². The second kappa shape index (κ2) is 6.29. The largest absolute Gasteiger partial charge is 0.396 e. The first-order valence-corrected chi connectivity index (χ1v) is 6.17. The van der Waals surface area contributed by atoms with E-state index >= 15 is 0 Å². The second-order valence-electron chi connectivity index (χ2n) is 4.98. The third-order valence-electron chi connectivity index (χ3n) is 3.69. The Morgan fingerprint density at radius 1 is 1.53 bits per heavy atom. The van der Waals surface area contributed by atoms with Crippen LogP contribution in [0.4, 0.5) is 0 Å². The Hall–Kier alpha value is -0.340. The molecule has 0 aliphatic heterocycles. The predicted octanol–water partition coefficient (Wildman–Crippen LogP) is 2.48. The highest BCUT2D eigenvalue weighted by Crippen LogP contribution is 2.43. The van der Waals surface area contributed by atoms with Gasteiger partial charge in [-0.15, -0.1) is 6.58 Å². The maximum atomic E-state index is 9.03. The van der Waals surface area contributed by atoms with Gasteiger partial charge in [0, 0.05) is 19.2 Å². The van der Waals surface area contributed by atoms with Crippen LogP contribution in [0.25, 0.3) is 0 Å². The molecule has 2 N–H and O–H groups in total. The summed E-state index contributed by atoms with van der Waals surface area (Å²) in [6.07, 6.45) is 9.10. The lowest BCUT2D eigenvalue weighted by molar-refractivity contribution is 0.0830. The van der Waals surface area contributed by atoms with Gasteiger partial charge in [-0.25, -0.2) is 0 Å². The van der Waals surface area contributed by atoms with E-state index in [4.69, 9.17) is 5.11 Å². The zero-order valence-electron chi connectivity index (χ0n) is 9.97. The van der Waals surface area contributed by atoms with Gasteiger partial charge in [0.25, 0.3) is 0 Å². The highest BCUT2D eigenvalue weighted by atomic mass is 16.3. The molecule has 1 unspecified atom stereocenters. The Balaban J connectivity index is 2.18. The second-order valence-corrected chi connectivity index (χ2v) is 4.98. The molecular formula is C13H25NO. The number of nitrogens with one attached hydrogen (secondary N) is 1. The molecule has 0 heterocycles. The van der Waals surface area contributed by atoms with E-state index in [-0.39, 0.29) is 0 Å². The van der Waals surface area contributed by atoms with Gasteiger partial charge < -0.3 is 10.4 Å². The molecule has 0 saturated heterocycles. The van der Waals surface area contributed by atoms with Crippen LogP contribution >= 0.6 is 0 Å². The van der Waals surface area contributed by atoms with Crippen LogP contribution in [0.5, 0.6) is 0 Å². The summed E-state index contributed by atoms with van der Waals surface area (Å²) in [6.45, 7) is 7.38. The first-order valence-electron chi connectivity index (χ1n) is 6.17. The molecule has 1 fully saturated rings. The monoisotopic (exact) mass is 211 g/mol. The summed E-state index contributed by atoms with van der Waals surface area (Å²) in [5.74, 6) is 0. The van der Waals surface area contributed by atoms with Gasteiger partial charge in [0.2, 0.25) is 0 Å². The summed E-state index contributed by atoms with van der Waals surface area (Å²) in [5.41, 5.74) is 0.414. The highest BCUT2D eigenvalue weighted by molar-refractivity contribution is 4.90. The number of aliphatic hydroxyl groups is 1. The van der Waals surface area contributed by atoms with Crippen molar-refractivity contribution in [2.75, 3.05) is 13.2 Å². The molecule has 0 radical (unpaired) electrons. The van der Waals surface area contributed by atoms with E-state index in [1.165, 1.54) is 25.7 Å². The third kappa shape index (κ3) is 3.96. The van der Waals surface area contributed by atoms with E-state index in [0.717, 1.165) is 19.4 Å². The van der Waals surface area contributed by atoms with Crippen molar-refractivity contribution in [3.8, 4) is 0 Å². The quantitative estimate of drug-likeness (QED) is 0.605. The Morgan fingerprint density at radius 2 is 2.27 bits per heavy atom.